The van der Waals surface area contributed by atoms with E-state index in [4.69, 9.17) is 0 Å². The Hall–Kier alpha value is -2.95. The smallest absolute Gasteiger partial charge is 0.227 e. The van der Waals surface area contributed by atoms with Crippen LogP contribution in [0.4, 0.5) is 5.69 Å². The van der Waals surface area contributed by atoms with E-state index in [1.807, 2.05) is 37.4 Å². The van der Waals surface area contributed by atoms with Gasteiger partial charge in [0.15, 0.2) is 11.5 Å². The lowest BCUT2D eigenvalue weighted by Crippen LogP contribution is -2.22. The first-order valence-electron chi connectivity index (χ1n) is 7.42. The van der Waals surface area contributed by atoms with Crippen LogP contribution in [0.5, 0.6) is 11.5 Å². The molecule has 0 saturated carbocycles. The van der Waals surface area contributed by atoms with E-state index in [1.165, 1.54) is 12.1 Å². The van der Waals surface area contributed by atoms with Crippen LogP contribution in [0.1, 0.15) is 12.5 Å². The summed E-state index contributed by atoms with van der Waals surface area (Å²) in [7, 11) is 0. The first-order valence-corrected chi connectivity index (χ1v) is 7.42. The number of H-pyrrole nitrogens is 1. The van der Waals surface area contributed by atoms with Crippen molar-refractivity contribution in [2.75, 3.05) is 5.32 Å². The molecule has 3 aromatic rings. The number of aromatic nitrogens is 1. The lowest BCUT2D eigenvalue weighted by Gasteiger charge is -2.13. The molecule has 0 radical (unpaired) electrons. The van der Waals surface area contributed by atoms with Crippen LogP contribution in [0.15, 0.2) is 48.7 Å². The van der Waals surface area contributed by atoms with Crippen molar-refractivity contribution in [3.8, 4) is 11.5 Å². The molecule has 1 amide bonds. The average molecular weight is 310 g/mol. The third-order valence-corrected chi connectivity index (χ3v) is 3.85. The molecule has 0 aliphatic rings. The van der Waals surface area contributed by atoms with Gasteiger partial charge in [0.25, 0.3) is 0 Å². The standard InChI is InChI=1S/C18H18N2O3/c1-11(8-12-2-5-16(21)17(22)9-12)18(23)20-14-3-4-15-13(10-14)6-7-19-15/h2-7,9-11,19,21-22H,8H2,1H3,(H,20,23). The molecule has 0 bridgehead atoms. The monoisotopic (exact) mass is 310 g/mol. The van der Waals surface area contributed by atoms with Gasteiger partial charge in [-0.15, -0.1) is 0 Å². The Bertz CT molecular complexity index is 854. The molecule has 0 fully saturated rings. The van der Waals surface area contributed by atoms with E-state index >= 15 is 0 Å². The largest absolute Gasteiger partial charge is 0.504 e. The molecule has 5 heteroatoms. The topological polar surface area (TPSA) is 85.3 Å². The van der Waals surface area contributed by atoms with Crippen LogP contribution in [-0.2, 0) is 11.2 Å². The van der Waals surface area contributed by atoms with Gasteiger partial charge in [-0.2, -0.15) is 0 Å². The average Bonchev–Trinajstić information content (AvgIpc) is 2.98. The van der Waals surface area contributed by atoms with Crippen LogP contribution >= 0.6 is 0 Å². The summed E-state index contributed by atoms with van der Waals surface area (Å²) in [5.74, 6) is -0.688. The summed E-state index contributed by atoms with van der Waals surface area (Å²) in [6.07, 6.45) is 2.34. The molecule has 0 aliphatic carbocycles. The highest BCUT2D eigenvalue weighted by molar-refractivity contribution is 5.95. The molecule has 1 unspecified atom stereocenters. The number of carbonyl (C=O) groups excluding carboxylic acids is 1. The highest BCUT2D eigenvalue weighted by Gasteiger charge is 2.15. The summed E-state index contributed by atoms with van der Waals surface area (Å²) >= 11 is 0. The lowest BCUT2D eigenvalue weighted by molar-refractivity contribution is -0.119. The van der Waals surface area contributed by atoms with Crippen molar-refractivity contribution in [1.29, 1.82) is 0 Å². The molecule has 23 heavy (non-hydrogen) atoms. The second kappa shape index (κ2) is 6.04. The van der Waals surface area contributed by atoms with Gasteiger partial charge >= 0.3 is 0 Å². The number of phenols is 2. The summed E-state index contributed by atoms with van der Waals surface area (Å²) in [5, 5.41) is 22.8. The first-order chi connectivity index (χ1) is 11.0. The molecule has 2 aromatic carbocycles. The number of aromatic amines is 1. The van der Waals surface area contributed by atoms with Crippen LogP contribution in [0.25, 0.3) is 10.9 Å². The molecule has 0 spiro atoms. The minimum Gasteiger partial charge on any atom is -0.504 e. The van der Waals surface area contributed by atoms with Crippen LogP contribution < -0.4 is 5.32 Å². The molecule has 3 rings (SSSR count). The molecule has 0 saturated heterocycles. The van der Waals surface area contributed by atoms with Crippen LogP contribution in [0.2, 0.25) is 0 Å². The van der Waals surface area contributed by atoms with Gasteiger partial charge in [0.05, 0.1) is 0 Å². The number of nitrogens with one attached hydrogen (secondary N) is 2. The van der Waals surface area contributed by atoms with Crippen LogP contribution in [0.3, 0.4) is 0 Å². The fourth-order valence-corrected chi connectivity index (χ4v) is 2.54. The van der Waals surface area contributed by atoms with Gasteiger partial charge in [-0.3, -0.25) is 4.79 Å². The zero-order valence-electron chi connectivity index (χ0n) is 12.7. The molecule has 1 atom stereocenters. The van der Waals surface area contributed by atoms with Crippen molar-refractivity contribution in [2.45, 2.75) is 13.3 Å². The van der Waals surface area contributed by atoms with Crippen molar-refractivity contribution in [3.63, 3.8) is 0 Å². The minimum absolute atomic E-state index is 0.0903. The van der Waals surface area contributed by atoms with Crippen molar-refractivity contribution in [1.82, 2.24) is 4.98 Å². The second-order valence-corrected chi connectivity index (χ2v) is 5.70. The normalized spacial score (nSPS) is 12.2. The summed E-state index contributed by atoms with van der Waals surface area (Å²) in [6, 6.07) is 12.3. The van der Waals surface area contributed by atoms with Gasteiger partial charge in [0.1, 0.15) is 0 Å². The third kappa shape index (κ3) is 3.29. The van der Waals surface area contributed by atoms with Crippen LogP contribution in [-0.4, -0.2) is 21.1 Å². The molecule has 1 aromatic heterocycles. The predicted molar refractivity (Wildman–Crippen MR) is 89.6 cm³/mol. The van der Waals surface area contributed by atoms with Crippen molar-refractivity contribution in [2.24, 2.45) is 5.92 Å². The van der Waals surface area contributed by atoms with E-state index in [1.54, 1.807) is 6.07 Å². The summed E-state index contributed by atoms with van der Waals surface area (Å²) in [4.78, 5) is 15.4. The Morgan fingerprint density at radius 3 is 2.74 bits per heavy atom. The number of aromatic hydroxyl groups is 2. The van der Waals surface area contributed by atoms with Gasteiger partial charge < -0.3 is 20.5 Å². The lowest BCUT2D eigenvalue weighted by atomic mass is 10.00. The number of hydrogen-bond donors (Lipinski definition) is 4. The molecular weight excluding hydrogens is 292 g/mol. The Labute approximate surface area is 133 Å². The maximum atomic E-state index is 12.3. The number of amides is 1. The summed E-state index contributed by atoms with van der Waals surface area (Å²) in [5.41, 5.74) is 2.57. The maximum Gasteiger partial charge on any atom is 0.227 e. The number of rotatable bonds is 4. The SMILES string of the molecule is CC(Cc1ccc(O)c(O)c1)C(=O)Nc1ccc2[nH]ccc2c1. The molecule has 118 valence electrons. The van der Waals surface area contributed by atoms with E-state index < -0.39 is 0 Å². The Morgan fingerprint density at radius 2 is 1.96 bits per heavy atom. The number of carbonyl (C=O) groups is 1. The van der Waals surface area contributed by atoms with Gasteiger partial charge in [-0.1, -0.05) is 13.0 Å². The summed E-state index contributed by atoms with van der Waals surface area (Å²) < 4.78 is 0. The highest BCUT2D eigenvalue weighted by Crippen LogP contribution is 2.26. The second-order valence-electron chi connectivity index (χ2n) is 5.70. The number of phenolic OH excluding ortho intramolecular Hbond substituents is 2. The number of hydrogen-bond acceptors (Lipinski definition) is 3. The Morgan fingerprint density at radius 1 is 1.13 bits per heavy atom. The molecule has 4 N–H and O–H groups in total. The zero-order valence-corrected chi connectivity index (χ0v) is 12.7. The number of benzene rings is 2. The summed E-state index contributed by atoms with van der Waals surface area (Å²) in [6.45, 7) is 1.83. The number of fused-ring (bicyclic) bond motifs is 1. The van der Waals surface area contributed by atoms with Gasteiger partial charge in [0, 0.05) is 28.7 Å². The first kappa shape index (κ1) is 15.0. The molecule has 0 aliphatic heterocycles. The molecular formula is C18H18N2O3. The minimum atomic E-state index is -0.263. The van der Waals surface area contributed by atoms with E-state index in [0.717, 1.165) is 22.2 Å². The number of anilines is 1. The van der Waals surface area contributed by atoms with E-state index in [9.17, 15) is 15.0 Å². The third-order valence-electron chi connectivity index (χ3n) is 3.85. The molecule has 1 heterocycles. The Kier molecular flexibility index (Phi) is 3.93. The zero-order chi connectivity index (χ0) is 16.4. The predicted octanol–water partition coefficient (Wildman–Crippen LogP) is 3.40. The van der Waals surface area contributed by atoms with E-state index in [2.05, 4.69) is 10.3 Å². The van der Waals surface area contributed by atoms with E-state index in [0.29, 0.717) is 6.42 Å². The van der Waals surface area contributed by atoms with Gasteiger partial charge in [-0.25, -0.2) is 0 Å². The van der Waals surface area contributed by atoms with Crippen LogP contribution in [0, 0.1) is 5.92 Å². The van der Waals surface area contributed by atoms with Gasteiger partial charge in [-0.05, 0) is 48.4 Å². The fraction of sp³-hybridized carbons (Fsp3) is 0.167. The maximum absolute atomic E-state index is 12.3. The van der Waals surface area contributed by atoms with Crippen molar-refractivity contribution < 1.29 is 15.0 Å². The quantitative estimate of drug-likeness (QED) is 0.557. The Balaban J connectivity index is 1.67. The highest BCUT2D eigenvalue weighted by atomic mass is 16.3. The van der Waals surface area contributed by atoms with Crippen molar-refractivity contribution >= 4 is 22.5 Å². The van der Waals surface area contributed by atoms with Crippen molar-refractivity contribution in [3.05, 3.63) is 54.2 Å². The fourth-order valence-electron chi connectivity index (χ4n) is 2.54. The molecule has 5 nitrogen and oxygen atoms in total. The van der Waals surface area contributed by atoms with E-state index in [-0.39, 0.29) is 23.3 Å². The van der Waals surface area contributed by atoms with Gasteiger partial charge in [0.2, 0.25) is 5.91 Å².